The Bertz CT molecular complexity index is 805. The van der Waals surface area contributed by atoms with Crippen LogP contribution >= 0.6 is 0 Å². The zero-order valence-corrected chi connectivity index (χ0v) is 15.5. The number of hydrogen-bond donors (Lipinski definition) is 2. The fraction of sp³-hybridized carbons (Fsp3) is 0.421. The van der Waals surface area contributed by atoms with Crippen molar-refractivity contribution < 1.29 is 14.1 Å². The molecule has 1 fully saturated rings. The molecule has 1 saturated heterocycles. The van der Waals surface area contributed by atoms with Crippen molar-refractivity contribution >= 4 is 29.0 Å². The number of hydrogen-bond acceptors (Lipinski definition) is 5. The number of rotatable bonds is 4. The Hall–Kier alpha value is -2.83. The van der Waals surface area contributed by atoms with Gasteiger partial charge in [-0.15, -0.1) is 0 Å². The van der Waals surface area contributed by atoms with Crippen LogP contribution in [-0.2, 0) is 15.0 Å². The molecule has 7 heteroatoms. The Morgan fingerprint density at radius 2 is 1.96 bits per heavy atom. The SMILES string of the molecule is CNc1ccc(N2C(=O)CCC2C(=O)Nc2cc(C(C)(C)C)on2)cc1. The first-order chi connectivity index (χ1) is 12.3. The van der Waals surface area contributed by atoms with Gasteiger partial charge in [0, 0.05) is 36.3 Å². The summed E-state index contributed by atoms with van der Waals surface area (Å²) in [5, 5.41) is 9.72. The number of benzene rings is 1. The van der Waals surface area contributed by atoms with Gasteiger partial charge in [0.1, 0.15) is 11.8 Å². The number of anilines is 3. The van der Waals surface area contributed by atoms with E-state index >= 15 is 0 Å². The van der Waals surface area contributed by atoms with Crippen molar-refractivity contribution in [3.63, 3.8) is 0 Å². The van der Waals surface area contributed by atoms with E-state index < -0.39 is 6.04 Å². The second-order valence-electron chi connectivity index (χ2n) is 7.43. The predicted octanol–water partition coefficient (Wildman–Crippen LogP) is 3.15. The van der Waals surface area contributed by atoms with Crippen molar-refractivity contribution in [2.45, 2.75) is 45.1 Å². The smallest absolute Gasteiger partial charge is 0.248 e. The van der Waals surface area contributed by atoms with Crippen molar-refractivity contribution in [1.29, 1.82) is 0 Å². The Morgan fingerprint density at radius 1 is 1.27 bits per heavy atom. The van der Waals surface area contributed by atoms with Gasteiger partial charge in [0.2, 0.25) is 11.8 Å². The van der Waals surface area contributed by atoms with Crippen molar-refractivity contribution in [3.8, 4) is 0 Å². The third-order valence-corrected chi connectivity index (χ3v) is 4.45. The van der Waals surface area contributed by atoms with Crippen molar-refractivity contribution in [1.82, 2.24) is 5.16 Å². The lowest BCUT2D eigenvalue weighted by molar-refractivity contribution is -0.120. The molecule has 0 saturated carbocycles. The number of carbonyl (C=O) groups excluding carboxylic acids is 2. The summed E-state index contributed by atoms with van der Waals surface area (Å²) in [5.41, 5.74) is 1.46. The zero-order chi connectivity index (χ0) is 18.9. The molecule has 2 N–H and O–H groups in total. The van der Waals surface area contributed by atoms with Crippen LogP contribution < -0.4 is 15.5 Å². The number of amides is 2. The number of aromatic nitrogens is 1. The molecule has 0 spiro atoms. The van der Waals surface area contributed by atoms with E-state index in [1.165, 1.54) is 0 Å². The standard InChI is InChI=1S/C19H24N4O3/c1-19(2,3)15-11-16(22-26-15)21-18(25)14-9-10-17(24)23(14)13-7-5-12(20-4)6-8-13/h5-8,11,14,20H,9-10H2,1-4H3,(H,21,22,25). The fourth-order valence-corrected chi connectivity index (χ4v) is 2.94. The van der Waals surface area contributed by atoms with E-state index in [9.17, 15) is 9.59 Å². The van der Waals surface area contributed by atoms with Gasteiger partial charge in [0.05, 0.1) is 0 Å². The molecule has 1 aromatic carbocycles. The van der Waals surface area contributed by atoms with Crippen molar-refractivity contribution in [2.24, 2.45) is 0 Å². The van der Waals surface area contributed by atoms with Gasteiger partial charge >= 0.3 is 0 Å². The van der Waals surface area contributed by atoms with E-state index in [0.717, 1.165) is 5.69 Å². The van der Waals surface area contributed by atoms with Crippen molar-refractivity contribution in [3.05, 3.63) is 36.1 Å². The molecule has 1 atom stereocenters. The van der Waals surface area contributed by atoms with E-state index in [0.29, 0.717) is 30.1 Å². The van der Waals surface area contributed by atoms with Gasteiger partial charge in [-0.05, 0) is 30.7 Å². The average Bonchev–Trinajstić information content (AvgIpc) is 3.21. The highest BCUT2D eigenvalue weighted by Crippen LogP contribution is 2.29. The quantitative estimate of drug-likeness (QED) is 0.879. The minimum atomic E-state index is -0.558. The first kappa shape index (κ1) is 18.0. The molecule has 2 aromatic rings. The maximum Gasteiger partial charge on any atom is 0.248 e. The van der Waals surface area contributed by atoms with Gasteiger partial charge in [-0.3, -0.25) is 14.5 Å². The monoisotopic (exact) mass is 356 g/mol. The summed E-state index contributed by atoms with van der Waals surface area (Å²) in [7, 11) is 1.83. The summed E-state index contributed by atoms with van der Waals surface area (Å²) in [6, 6.07) is 8.59. The van der Waals surface area contributed by atoms with Gasteiger partial charge in [0.15, 0.2) is 5.82 Å². The van der Waals surface area contributed by atoms with Crippen LogP contribution in [0.25, 0.3) is 0 Å². The first-order valence-electron chi connectivity index (χ1n) is 8.67. The highest BCUT2D eigenvalue weighted by atomic mass is 16.5. The normalized spacial score (nSPS) is 17.5. The van der Waals surface area contributed by atoms with Crippen LogP contribution in [-0.4, -0.2) is 30.1 Å². The van der Waals surface area contributed by atoms with Crippen LogP contribution in [0.3, 0.4) is 0 Å². The number of nitrogens with one attached hydrogen (secondary N) is 2. The lowest BCUT2D eigenvalue weighted by Gasteiger charge is -2.24. The molecule has 2 amide bonds. The Labute approximate surface area is 152 Å². The van der Waals surface area contributed by atoms with E-state index in [1.807, 2.05) is 52.1 Å². The maximum atomic E-state index is 12.7. The van der Waals surface area contributed by atoms with Crippen LogP contribution in [0.4, 0.5) is 17.2 Å². The van der Waals surface area contributed by atoms with Gasteiger partial charge < -0.3 is 15.2 Å². The van der Waals surface area contributed by atoms with E-state index in [-0.39, 0.29) is 17.2 Å². The van der Waals surface area contributed by atoms with Crippen LogP contribution in [0, 0.1) is 0 Å². The largest absolute Gasteiger partial charge is 0.388 e. The van der Waals surface area contributed by atoms with Gasteiger partial charge in [-0.1, -0.05) is 25.9 Å². The second-order valence-corrected chi connectivity index (χ2v) is 7.43. The Morgan fingerprint density at radius 3 is 2.54 bits per heavy atom. The average molecular weight is 356 g/mol. The topological polar surface area (TPSA) is 87.5 Å². The van der Waals surface area contributed by atoms with E-state index in [1.54, 1.807) is 11.0 Å². The summed E-state index contributed by atoms with van der Waals surface area (Å²) >= 11 is 0. The van der Waals surface area contributed by atoms with Crippen LogP contribution in [0.2, 0.25) is 0 Å². The van der Waals surface area contributed by atoms with Crippen molar-refractivity contribution in [2.75, 3.05) is 22.6 Å². The molecule has 1 aliphatic heterocycles. The lowest BCUT2D eigenvalue weighted by Crippen LogP contribution is -2.41. The molecule has 2 heterocycles. The number of carbonyl (C=O) groups is 2. The third-order valence-electron chi connectivity index (χ3n) is 4.45. The maximum absolute atomic E-state index is 12.7. The minimum Gasteiger partial charge on any atom is -0.388 e. The molecule has 0 aliphatic carbocycles. The lowest BCUT2D eigenvalue weighted by atomic mass is 9.93. The minimum absolute atomic E-state index is 0.0575. The van der Waals surface area contributed by atoms with Crippen LogP contribution in [0.1, 0.15) is 39.4 Å². The molecular formula is C19H24N4O3. The highest BCUT2D eigenvalue weighted by molar-refractivity contribution is 6.07. The molecule has 0 radical (unpaired) electrons. The molecular weight excluding hydrogens is 332 g/mol. The van der Waals surface area contributed by atoms with Crippen LogP contribution in [0.5, 0.6) is 0 Å². The second kappa shape index (κ2) is 6.82. The van der Waals surface area contributed by atoms with E-state index in [4.69, 9.17) is 4.52 Å². The molecule has 1 aliphatic rings. The van der Waals surface area contributed by atoms with Crippen LogP contribution in [0.15, 0.2) is 34.9 Å². The highest BCUT2D eigenvalue weighted by Gasteiger charge is 2.37. The molecule has 1 aromatic heterocycles. The number of nitrogens with zero attached hydrogens (tertiary/aromatic N) is 2. The predicted molar refractivity (Wildman–Crippen MR) is 100 cm³/mol. The first-order valence-corrected chi connectivity index (χ1v) is 8.67. The van der Waals surface area contributed by atoms with Gasteiger partial charge in [-0.2, -0.15) is 0 Å². The molecule has 3 rings (SSSR count). The molecule has 1 unspecified atom stereocenters. The third kappa shape index (κ3) is 3.56. The summed E-state index contributed by atoms with van der Waals surface area (Å²) in [6.45, 7) is 6.02. The fourth-order valence-electron chi connectivity index (χ4n) is 2.94. The molecule has 138 valence electrons. The van der Waals surface area contributed by atoms with Gasteiger partial charge in [-0.25, -0.2) is 0 Å². The summed E-state index contributed by atoms with van der Waals surface area (Å²) < 4.78 is 5.30. The molecule has 7 nitrogen and oxygen atoms in total. The summed E-state index contributed by atoms with van der Waals surface area (Å²) in [6.07, 6.45) is 0.820. The summed E-state index contributed by atoms with van der Waals surface area (Å²) in [4.78, 5) is 26.6. The Balaban J connectivity index is 1.77. The Kier molecular flexibility index (Phi) is 4.71. The summed E-state index contributed by atoms with van der Waals surface area (Å²) in [5.74, 6) is 0.736. The zero-order valence-electron chi connectivity index (χ0n) is 15.5. The molecule has 0 bridgehead atoms. The molecule has 26 heavy (non-hydrogen) atoms. The van der Waals surface area contributed by atoms with Gasteiger partial charge in [0.25, 0.3) is 0 Å². The van der Waals surface area contributed by atoms with E-state index in [2.05, 4.69) is 15.8 Å².